The first-order chi connectivity index (χ1) is 11.9. The molecular weight excluding hydrogens is 360 g/mol. The Kier molecular flexibility index (Phi) is 7.34. The van der Waals surface area contributed by atoms with Crippen molar-refractivity contribution in [2.45, 2.75) is 32.9 Å². The summed E-state index contributed by atoms with van der Waals surface area (Å²) in [5.41, 5.74) is 0.667. The van der Waals surface area contributed by atoms with Crippen LogP contribution < -0.4 is 4.72 Å². The fourth-order valence-electron chi connectivity index (χ4n) is 1.79. The average Bonchev–Trinajstić information content (AvgIpc) is 2.51. The van der Waals surface area contributed by atoms with Crippen molar-refractivity contribution in [3.8, 4) is 0 Å². The van der Waals surface area contributed by atoms with Crippen LogP contribution in [0.4, 0.5) is 4.79 Å². The topological polar surface area (TPSA) is 102 Å². The number of carbonyl (C=O) groups excluding carboxylic acids is 2. The van der Waals surface area contributed by atoms with Gasteiger partial charge in [0.15, 0.2) is 0 Å². The fourth-order valence-corrected chi connectivity index (χ4v) is 2.52. The fraction of sp³-hybridized carbons (Fsp3) is 0.412. The number of amides is 1. The Hall–Kier alpha value is -2.39. The smallest absolute Gasteiger partial charge is 0.422 e. The van der Waals surface area contributed by atoms with Crippen LogP contribution in [0.2, 0.25) is 0 Å². The van der Waals surface area contributed by atoms with Gasteiger partial charge in [-0.05, 0) is 38.0 Å². The van der Waals surface area contributed by atoms with Crippen LogP contribution in [0.25, 0.3) is 6.08 Å². The molecule has 9 heteroatoms. The number of nitrogens with zero attached hydrogens (tertiary/aromatic N) is 1. The lowest BCUT2D eigenvalue weighted by atomic mass is 10.1. The molecule has 1 amide bonds. The second-order valence-corrected chi connectivity index (χ2v) is 8.24. The Balaban J connectivity index is 2.71. The zero-order valence-corrected chi connectivity index (χ0v) is 16.3. The van der Waals surface area contributed by atoms with E-state index in [1.165, 1.54) is 20.2 Å². The molecule has 0 aromatic heterocycles. The van der Waals surface area contributed by atoms with E-state index in [9.17, 15) is 18.0 Å². The Morgan fingerprint density at radius 2 is 1.77 bits per heavy atom. The van der Waals surface area contributed by atoms with Crippen molar-refractivity contribution >= 4 is 28.3 Å². The van der Waals surface area contributed by atoms with Crippen LogP contribution in [0.1, 0.15) is 31.9 Å². The average molecular weight is 384 g/mol. The van der Waals surface area contributed by atoms with Gasteiger partial charge in [0.2, 0.25) is 0 Å². The minimum absolute atomic E-state index is 0.0547. The highest BCUT2D eigenvalue weighted by Gasteiger charge is 2.24. The number of ether oxygens (including phenoxy) is 2. The molecule has 0 spiro atoms. The summed E-state index contributed by atoms with van der Waals surface area (Å²) in [5.74, 6) is -0.465. The van der Waals surface area contributed by atoms with Crippen LogP contribution in [0, 0.1) is 0 Å². The van der Waals surface area contributed by atoms with Gasteiger partial charge in [0, 0.05) is 19.7 Å². The summed E-state index contributed by atoms with van der Waals surface area (Å²) >= 11 is 0. The van der Waals surface area contributed by atoms with Crippen molar-refractivity contribution in [3.05, 3.63) is 41.5 Å². The van der Waals surface area contributed by atoms with Crippen molar-refractivity contribution in [2.75, 3.05) is 14.2 Å². The first kappa shape index (κ1) is 21.7. The molecule has 0 radical (unpaired) electrons. The molecule has 0 aliphatic rings. The zero-order valence-electron chi connectivity index (χ0n) is 15.5. The molecule has 1 N–H and O–H groups in total. The number of hydrogen-bond acceptors (Lipinski definition) is 6. The normalized spacial score (nSPS) is 12.2. The van der Waals surface area contributed by atoms with E-state index in [4.69, 9.17) is 4.74 Å². The second-order valence-electron chi connectivity index (χ2n) is 6.46. The van der Waals surface area contributed by atoms with E-state index >= 15 is 0 Å². The lowest BCUT2D eigenvalue weighted by Gasteiger charge is -2.22. The second kappa shape index (κ2) is 8.81. The quantitative estimate of drug-likeness (QED) is 0.595. The van der Waals surface area contributed by atoms with E-state index < -0.39 is 27.9 Å². The summed E-state index contributed by atoms with van der Waals surface area (Å²) in [4.78, 5) is 22.7. The molecular formula is C17H24N2O6S. The maximum atomic E-state index is 12.2. The molecule has 0 bridgehead atoms. The molecule has 0 heterocycles. The molecule has 0 unspecified atom stereocenters. The number of hydrogen-bond donors (Lipinski definition) is 1. The lowest BCUT2D eigenvalue weighted by molar-refractivity contribution is -0.134. The van der Waals surface area contributed by atoms with Gasteiger partial charge in [-0.1, -0.05) is 24.3 Å². The van der Waals surface area contributed by atoms with Gasteiger partial charge < -0.3 is 9.47 Å². The molecule has 144 valence electrons. The van der Waals surface area contributed by atoms with Crippen molar-refractivity contribution in [2.24, 2.45) is 0 Å². The van der Waals surface area contributed by atoms with Crippen molar-refractivity contribution in [1.82, 2.24) is 9.03 Å². The molecule has 0 fully saturated rings. The molecule has 0 aliphatic heterocycles. The van der Waals surface area contributed by atoms with Gasteiger partial charge in [0.25, 0.3) is 0 Å². The Morgan fingerprint density at radius 3 is 2.27 bits per heavy atom. The number of rotatable bonds is 6. The Bertz CT molecular complexity index is 763. The third kappa shape index (κ3) is 7.66. The summed E-state index contributed by atoms with van der Waals surface area (Å²) in [5, 5.41) is 0. The van der Waals surface area contributed by atoms with Crippen LogP contribution in [0.3, 0.4) is 0 Å². The maximum absolute atomic E-state index is 12.2. The van der Waals surface area contributed by atoms with E-state index in [0.717, 1.165) is 9.87 Å². The third-order valence-corrected chi connectivity index (χ3v) is 4.39. The van der Waals surface area contributed by atoms with E-state index in [2.05, 4.69) is 4.74 Å². The number of benzene rings is 1. The predicted octanol–water partition coefficient (Wildman–Crippen LogP) is 2.07. The highest BCUT2D eigenvalue weighted by Crippen LogP contribution is 2.11. The summed E-state index contributed by atoms with van der Waals surface area (Å²) in [7, 11) is -1.40. The summed E-state index contributed by atoms with van der Waals surface area (Å²) < 4.78 is 36.6. The van der Waals surface area contributed by atoms with Crippen molar-refractivity contribution < 1.29 is 27.5 Å². The molecule has 1 aromatic rings. The van der Waals surface area contributed by atoms with Gasteiger partial charge in [-0.2, -0.15) is 12.7 Å². The third-order valence-electron chi connectivity index (χ3n) is 3.02. The monoisotopic (exact) mass is 384 g/mol. The molecule has 0 saturated heterocycles. The van der Waals surface area contributed by atoms with Crippen LogP contribution in [-0.4, -0.2) is 44.5 Å². The minimum atomic E-state index is -4.03. The molecule has 0 atom stereocenters. The van der Waals surface area contributed by atoms with Gasteiger partial charge in [-0.25, -0.2) is 14.3 Å². The molecule has 8 nitrogen and oxygen atoms in total. The van der Waals surface area contributed by atoms with Gasteiger partial charge in [-0.3, -0.25) is 0 Å². The van der Waals surface area contributed by atoms with Crippen LogP contribution >= 0.6 is 0 Å². The first-order valence-corrected chi connectivity index (χ1v) is 9.19. The van der Waals surface area contributed by atoms with E-state index in [0.29, 0.717) is 5.56 Å². The number of esters is 1. The molecule has 0 aliphatic carbocycles. The SMILES string of the molecule is COC(=O)/C=C/c1ccc(CN(C)S(=O)(=O)NC(=O)OC(C)(C)C)cc1. The number of nitrogens with one attached hydrogen (secondary N) is 1. The van der Waals surface area contributed by atoms with Gasteiger partial charge in [0.1, 0.15) is 5.60 Å². The number of carbonyl (C=O) groups is 2. The first-order valence-electron chi connectivity index (χ1n) is 7.75. The largest absolute Gasteiger partial charge is 0.466 e. The lowest BCUT2D eigenvalue weighted by Crippen LogP contribution is -2.43. The number of methoxy groups -OCH3 is 1. The Labute approximate surface area is 154 Å². The van der Waals surface area contributed by atoms with Gasteiger partial charge >= 0.3 is 22.3 Å². The van der Waals surface area contributed by atoms with Gasteiger partial charge in [0.05, 0.1) is 7.11 Å². The van der Waals surface area contributed by atoms with Crippen LogP contribution in [0.15, 0.2) is 30.3 Å². The van der Waals surface area contributed by atoms with Crippen molar-refractivity contribution in [3.63, 3.8) is 0 Å². The van der Waals surface area contributed by atoms with Crippen LogP contribution in [0.5, 0.6) is 0 Å². The molecule has 26 heavy (non-hydrogen) atoms. The van der Waals surface area contributed by atoms with E-state index in [1.807, 2.05) is 4.72 Å². The van der Waals surface area contributed by atoms with E-state index in [-0.39, 0.29) is 6.54 Å². The Morgan fingerprint density at radius 1 is 1.19 bits per heavy atom. The standard InChI is InChI=1S/C17H24N2O6S/c1-17(2,3)25-16(21)18-26(22,23)19(4)12-14-8-6-13(7-9-14)10-11-15(20)24-5/h6-11H,12H2,1-5H3,(H,18,21)/b11-10+. The summed E-state index contributed by atoms with van der Waals surface area (Å²) in [6.45, 7) is 4.97. The highest BCUT2D eigenvalue weighted by atomic mass is 32.2. The van der Waals surface area contributed by atoms with Gasteiger partial charge in [-0.15, -0.1) is 0 Å². The maximum Gasteiger partial charge on any atom is 0.422 e. The zero-order chi connectivity index (χ0) is 20.0. The van der Waals surface area contributed by atoms with E-state index in [1.54, 1.807) is 51.1 Å². The molecule has 1 rings (SSSR count). The molecule has 1 aromatic carbocycles. The summed E-state index contributed by atoms with van der Waals surface area (Å²) in [6, 6.07) is 6.90. The summed E-state index contributed by atoms with van der Waals surface area (Å²) in [6.07, 6.45) is 1.84. The predicted molar refractivity (Wildman–Crippen MR) is 97.2 cm³/mol. The highest BCUT2D eigenvalue weighted by molar-refractivity contribution is 7.87. The molecule has 0 saturated carbocycles. The van der Waals surface area contributed by atoms with Crippen LogP contribution in [-0.2, 0) is 31.0 Å². The van der Waals surface area contributed by atoms with Crippen molar-refractivity contribution in [1.29, 1.82) is 0 Å². The minimum Gasteiger partial charge on any atom is -0.466 e.